The van der Waals surface area contributed by atoms with Crippen molar-refractivity contribution in [2.75, 3.05) is 29.9 Å². The number of hydrogen-bond donors (Lipinski definition) is 2. The molecule has 3 rings (SSSR count). The molecule has 2 N–H and O–H groups in total. The van der Waals surface area contributed by atoms with E-state index in [2.05, 4.69) is 15.5 Å². The van der Waals surface area contributed by atoms with E-state index in [0.29, 0.717) is 24.7 Å². The summed E-state index contributed by atoms with van der Waals surface area (Å²) in [4.78, 5) is 14.1. The van der Waals surface area contributed by atoms with Crippen LogP contribution in [0, 0.1) is 18.7 Å². The van der Waals surface area contributed by atoms with E-state index in [1.54, 1.807) is 6.07 Å². The minimum atomic E-state index is -0.480. The van der Waals surface area contributed by atoms with Crippen LogP contribution in [0.25, 0.3) is 0 Å². The summed E-state index contributed by atoms with van der Waals surface area (Å²) in [5.74, 6) is 0.319. The summed E-state index contributed by atoms with van der Waals surface area (Å²) in [7, 11) is 0. The molecule has 0 radical (unpaired) electrons. The predicted molar refractivity (Wildman–Crippen MR) is 127 cm³/mol. The van der Waals surface area contributed by atoms with Gasteiger partial charge in [-0.15, -0.1) is 0 Å². The summed E-state index contributed by atoms with van der Waals surface area (Å²) in [5, 5.41) is 6.45. The minimum absolute atomic E-state index is 0.0937. The number of carbonyl (C=O) groups excluding carboxylic acids is 1. The van der Waals surface area contributed by atoms with Gasteiger partial charge in [-0.25, -0.2) is 9.18 Å². The molecule has 0 spiro atoms. The van der Waals surface area contributed by atoms with Crippen LogP contribution in [0.5, 0.6) is 0 Å². The number of morpholine rings is 1. The van der Waals surface area contributed by atoms with Gasteiger partial charge in [0.05, 0.1) is 17.9 Å². The Morgan fingerprint density at radius 2 is 1.78 bits per heavy atom. The van der Waals surface area contributed by atoms with Crippen LogP contribution in [0.15, 0.2) is 12.1 Å². The van der Waals surface area contributed by atoms with E-state index in [-0.39, 0.29) is 30.2 Å². The fraction of sp³-hybridized carbons (Fsp3) is 0.720. The number of ether oxygens (including phenoxy) is 2. The van der Waals surface area contributed by atoms with Crippen molar-refractivity contribution in [1.29, 1.82) is 0 Å². The molecule has 7 heteroatoms. The van der Waals surface area contributed by atoms with E-state index in [9.17, 15) is 9.18 Å². The SMILES string of the molecule is Cc1cc(N2C[C@@H](C)O[C@H](C)C2)c(F)cc1NCC1CCC(NC(=O)OC(C)(C)C)CC1. The van der Waals surface area contributed by atoms with Crippen LogP contribution in [0.1, 0.15) is 65.9 Å². The third-order valence-corrected chi connectivity index (χ3v) is 6.20. The van der Waals surface area contributed by atoms with E-state index in [4.69, 9.17) is 9.47 Å². The maximum absolute atomic E-state index is 14.9. The fourth-order valence-electron chi connectivity index (χ4n) is 4.71. The Balaban J connectivity index is 1.49. The van der Waals surface area contributed by atoms with Gasteiger partial charge in [0.2, 0.25) is 0 Å². The third kappa shape index (κ3) is 6.99. The number of rotatable bonds is 5. The van der Waals surface area contributed by atoms with Crippen LogP contribution in [-0.4, -0.2) is 49.6 Å². The number of amides is 1. The Labute approximate surface area is 192 Å². The number of aryl methyl sites for hydroxylation is 1. The molecule has 1 heterocycles. The lowest BCUT2D eigenvalue weighted by Crippen LogP contribution is -2.45. The van der Waals surface area contributed by atoms with Crippen LogP contribution in [0.2, 0.25) is 0 Å². The molecule has 1 aliphatic heterocycles. The maximum Gasteiger partial charge on any atom is 0.407 e. The number of alkyl carbamates (subject to hydrolysis) is 1. The average Bonchev–Trinajstić information content (AvgIpc) is 2.67. The zero-order valence-corrected chi connectivity index (χ0v) is 20.5. The van der Waals surface area contributed by atoms with Gasteiger partial charge in [-0.3, -0.25) is 0 Å². The van der Waals surface area contributed by atoms with Crippen molar-refractivity contribution < 1.29 is 18.7 Å². The number of halogens is 1. The van der Waals surface area contributed by atoms with Crippen molar-refractivity contribution in [3.63, 3.8) is 0 Å². The molecule has 180 valence electrons. The molecule has 6 nitrogen and oxygen atoms in total. The van der Waals surface area contributed by atoms with Crippen LogP contribution >= 0.6 is 0 Å². The van der Waals surface area contributed by atoms with Gasteiger partial charge in [0.15, 0.2) is 0 Å². The topological polar surface area (TPSA) is 62.8 Å². The van der Waals surface area contributed by atoms with E-state index in [1.807, 2.05) is 47.6 Å². The molecule has 0 unspecified atom stereocenters. The van der Waals surface area contributed by atoms with E-state index >= 15 is 0 Å². The lowest BCUT2D eigenvalue weighted by atomic mass is 9.86. The first-order valence-corrected chi connectivity index (χ1v) is 11.9. The summed E-state index contributed by atoms with van der Waals surface area (Å²) in [6.07, 6.45) is 3.77. The van der Waals surface area contributed by atoms with E-state index < -0.39 is 5.60 Å². The minimum Gasteiger partial charge on any atom is -0.444 e. The molecule has 1 saturated heterocycles. The van der Waals surface area contributed by atoms with Gasteiger partial charge >= 0.3 is 6.09 Å². The predicted octanol–water partition coefficient (Wildman–Crippen LogP) is 5.24. The highest BCUT2D eigenvalue weighted by atomic mass is 19.1. The van der Waals surface area contributed by atoms with Crippen LogP contribution in [0.4, 0.5) is 20.6 Å². The highest BCUT2D eigenvalue weighted by Gasteiger charge is 2.26. The number of anilines is 2. The van der Waals surface area contributed by atoms with E-state index in [1.165, 1.54) is 0 Å². The Morgan fingerprint density at radius 3 is 2.38 bits per heavy atom. The molecular formula is C25H40FN3O3. The Morgan fingerprint density at radius 1 is 1.16 bits per heavy atom. The standard InChI is InChI=1S/C25H40FN3O3/c1-16-11-23(29-14-17(2)31-18(3)15-29)21(26)12-22(16)27-13-19-7-9-20(10-8-19)28-24(30)32-25(4,5)6/h11-12,17-20,27H,7-10,13-15H2,1-6H3,(H,28,30)/t17-,18-,19?,20?/m1/s1. The Bertz CT molecular complexity index is 777. The monoisotopic (exact) mass is 449 g/mol. The van der Waals surface area contributed by atoms with Crippen molar-refractivity contribution in [1.82, 2.24) is 5.32 Å². The first-order chi connectivity index (χ1) is 15.0. The van der Waals surface area contributed by atoms with Gasteiger partial charge in [0, 0.05) is 31.4 Å². The molecule has 1 saturated carbocycles. The second-order valence-electron chi connectivity index (χ2n) is 10.5. The lowest BCUT2D eigenvalue weighted by molar-refractivity contribution is -0.00540. The fourth-order valence-corrected chi connectivity index (χ4v) is 4.71. The highest BCUT2D eigenvalue weighted by Crippen LogP contribution is 2.30. The highest BCUT2D eigenvalue weighted by molar-refractivity contribution is 5.68. The summed E-state index contributed by atoms with van der Waals surface area (Å²) in [6.45, 7) is 13.9. The second kappa shape index (κ2) is 10.3. The van der Waals surface area contributed by atoms with Gasteiger partial charge in [-0.05, 0) is 90.8 Å². The molecule has 1 amide bonds. The quantitative estimate of drug-likeness (QED) is 0.643. The van der Waals surface area contributed by atoms with Crippen LogP contribution in [0.3, 0.4) is 0 Å². The van der Waals surface area contributed by atoms with Crippen molar-refractivity contribution in [3.8, 4) is 0 Å². The van der Waals surface area contributed by atoms with Crippen molar-refractivity contribution in [2.24, 2.45) is 5.92 Å². The molecule has 2 aliphatic rings. The third-order valence-electron chi connectivity index (χ3n) is 6.20. The van der Waals surface area contributed by atoms with Gasteiger partial charge in [-0.2, -0.15) is 0 Å². The summed E-state index contributed by atoms with van der Waals surface area (Å²) in [6, 6.07) is 3.74. The van der Waals surface area contributed by atoms with Crippen molar-refractivity contribution in [2.45, 2.75) is 91.1 Å². The normalized spacial score (nSPS) is 26.5. The summed E-state index contributed by atoms with van der Waals surface area (Å²) >= 11 is 0. The maximum atomic E-state index is 14.9. The molecule has 2 fully saturated rings. The van der Waals surface area contributed by atoms with Gasteiger partial charge in [0.25, 0.3) is 0 Å². The van der Waals surface area contributed by atoms with Crippen molar-refractivity contribution in [3.05, 3.63) is 23.5 Å². The van der Waals surface area contributed by atoms with E-state index in [0.717, 1.165) is 43.5 Å². The second-order valence-corrected chi connectivity index (χ2v) is 10.5. The summed E-state index contributed by atoms with van der Waals surface area (Å²) in [5.41, 5.74) is 2.08. The Kier molecular flexibility index (Phi) is 7.91. The van der Waals surface area contributed by atoms with Gasteiger partial charge in [-0.1, -0.05) is 0 Å². The number of hydrogen-bond acceptors (Lipinski definition) is 5. The first-order valence-electron chi connectivity index (χ1n) is 11.9. The van der Waals surface area contributed by atoms with Crippen molar-refractivity contribution >= 4 is 17.5 Å². The lowest BCUT2D eigenvalue weighted by Gasteiger charge is -2.37. The Hall–Kier alpha value is -2.02. The molecular weight excluding hydrogens is 409 g/mol. The zero-order chi connectivity index (χ0) is 23.5. The number of carbonyl (C=O) groups is 1. The van der Waals surface area contributed by atoms with Crippen LogP contribution in [-0.2, 0) is 9.47 Å². The molecule has 0 bridgehead atoms. The molecule has 0 aromatic heterocycles. The molecule has 1 aromatic rings. The number of nitrogens with zero attached hydrogens (tertiary/aromatic N) is 1. The molecule has 1 aromatic carbocycles. The first kappa shape index (κ1) is 24.6. The smallest absolute Gasteiger partial charge is 0.407 e. The van der Waals surface area contributed by atoms with Crippen LogP contribution < -0.4 is 15.5 Å². The average molecular weight is 450 g/mol. The zero-order valence-electron chi connectivity index (χ0n) is 20.5. The molecule has 32 heavy (non-hydrogen) atoms. The van der Waals surface area contributed by atoms with Gasteiger partial charge in [0.1, 0.15) is 11.4 Å². The largest absolute Gasteiger partial charge is 0.444 e. The number of nitrogens with one attached hydrogen (secondary N) is 2. The molecule has 2 atom stereocenters. The summed E-state index contributed by atoms with van der Waals surface area (Å²) < 4.78 is 26.1. The van der Waals surface area contributed by atoms with Gasteiger partial charge < -0.3 is 25.0 Å². The number of benzene rings is 1. The molecule has 1 aliphatic carbocycles.